The number of nitrogens with zero attached hydrogens (tertiary/aromatic N) is 1. The van der Waals surface area contributed by atoms with Gasteiger partial charge in [0.05, 0.1) is 24.3 Å². The molecular weight excluding hydrogens is 232 g/mol. The number of aromatic nitrogens is 1. The molecule has 0 saturated carbocycles. The topological polar surface area (TPSA) is 63.5 Å². The van der Waals surface area contributed by atoms with E-state index in [4.69, 9.17) is 21.4 Å². The highest BCUT2D eigenvalue weighted by Crippen LogP contribution is 2.12. The quantitative estimate of drug-likeness (QED) is 0.791. The van der Waals surface area contributed by atoms with E-state index in [1.165, 1.54) is 7.11 Å². The molecule has 0 aliphatic carbocycles. The van der Waals surface area contributed by atoms with Crippen molar-refractivity contribution in [1.29, 1.82) is 0 Å². The van der Waals surface area contributed by atoms with E-state index in [2.05, 4.69) is 5.32 Å². The number of ether oxygens (including phenoxy) is 1. The Kier molecular flexibility index (Phi) is 4.79. The van der Waals surface area contributed by atoms with Gasteiger partial charge in [0.25, 0.3) is 5.91 Å². The number of methoxy groups -OCH3 is 1. The van der Waals surface area contributed by atoms with Crippen LogP contribution in [0.3, 0.4) is 0 Å². The summed E-state index contributed by atoms with van der Waals surface area (Å²) >= 11 is 5.77. The molecule has 0 aliphatic heterocycles. The summed E-state index contributed by atoms with van der Waals surface area (Å²) in [6, 6.07) is 1.16. The van der Waals surface area contributed by atoms with E-state index >= 15 is 0 Å². The maximum atomic E-state index is 11.8. The van der Waals surface area contributed by atoms with E-state index in [0.29, 0.717) is 10.7 Å². The van der Waals surface area contributed by atoms with Gasteiger partial charge < -0.3 is 19.7 Å². The first-order valence-corrected chi connectivity index (χ1v) is 5.18. The van der Waals surface area contributed by atoms with Gasteiger partial charge in [-0.05, 0) is 6.07 Å². The first-order valence-electron chi connectivity index (χ1n) is 4.81. The Labute approximate surface area is 99.0 Å². The van der Waals surface area contributed by atoms with Crippen LogP contribution in [0, 0.1) is 0 Å². The van der Waals surface area contributed by atoms with Crippen LogP contribution in [0.1, 0.15) is 10.5 Å². The van der Waals surface area contributed by atoms with E-state index in [1.807, 2.05) is 0 Å². The average molecular weight is 247 g/mol. The molecule has 1 amide bonds. The zero-order valence-electron chi connectivity index (χ0n) is 9.24. The normalized spacial score (nSPS) is 12.5. The molecule has 5 nitrogen and oxygen atoms in total. The molecule has 1 unspecified atom stereocenters. The number of amides is 1. The van der Waals surface area contributed by atoms with E-state index in [9.17, 15) is 4.79 Å². The standard InChI is InChI=1S/C10H15ClN2O3/c1-13-4-7(11)3-9(13)10(15)12-8(5-14)6-16-2/h3-4,8,14H,5-6H2,1-2H3,(H,12,15). The van der Waals surface area contributed by atoms with Crippen LogP contribution in [0.4, 0.5) is 0 Å². The van der Waals surface area contributed by atoms with E-state index in [0.717, 1.165) is 0 Å². The molecule has 1 aromatic rings. The molecule has 0 aliphatic rings. The lowest BCUT2D eigenvalue weighted by molar-refractivity contribution is 0.0832. The number of carbonyl (C=O) groups is 1. The third-order valence-corrected chi connectivity index (χ3v) is 2.33. The van der Waals surface area contributed by atoms with Crippen molar-refractivity contribution >= 4 is 17.5 Å². The molecule has 1 heterocycles. The second kappa shape index (κ2) is 5.89. The average Bonchev–Trinajstić information content (AvgIpc) is 2.57. The fraction of sp³-hybridized carbons (Fsp3) is 0.500. The molecule has 0 saturated heterocycles. The van der Waals surface area contributed by atoms with Crippen molar-refractivity contribution in [2.45, 2.75) is 6.04 Å². The van der Waals surface area contributed by atoms with Crippen LogP contribution in [0.15, 0.2) is 12.3 Å². The lowest BCUT2D eigenvalue weighted by Crippen LogP contribution is -2.41. The highest BCUT2D eigenvalue weighted by Gasteiger charge is 2.15. The fourth-order valence-electron chi connectivity index (χ4n) is 1.35. The van der Waals surface area contributed by atoms with Gasteiger partial charge >= 0.3 is 0 Å². The van der Waals surface area contributed by atoms with Gasteiger partial charge in [-0.3, -0.25) is 4.79 Å². The minimum Gasteiger partial charge on any atom is -0.394 e. The summed E-state index contributed by atoms with van der Waals surface area (Å²) in [5.41, 5.74) is 0.444. The maximum Gasteiger partial charge on any atom is 0.268 e. The molecular formula is C10H15ClN2O3. The van der Waals surface area contributed by atoms with Crippen molar-refractivity contribution in [2.24, 2.45) is 7.05 Å². The molecule has 1 rings (SSSR count). The predicted molar refractivity (Wildman–Crippen MR) is 60.6 cm³/mol. The number of carbonyl (C=O) groups excluding carboxylic acids is 1. The van der Waals surface area contributed by atoms with Crippen molar-refractivity contribution in [3.8, 4) is 0 Å². The number of halogens is 1. The van der Waals surface area contributed by atoms with Gasteiger partial charge in [-0.1, -0.05) is 11.6 Å². The summed E-state index contributed by atoms with van der Waals surface area (Å²) in [4.78, 5) is 11.8. The van der Waals surface area contributed by atoms with Gasteiger partial charge in [-0.15, -0.1) is 0 Å². The van der Waals surface area contributed by atoms with Crippen molar-refractivity contribution in [3.63, 3.8) is 0 Å². The SMILES string of the molecule is COCC(CO)NC(=O)c1cc(Cl)cn1C. The largest absolute Gasteiger partial charge is 0.394 e. The van der Waals surface area contributed by atoms with Crippen molar-refractivity contribution < 1.29 is 14.6 Å². The van der Waals surface area contributed by atoms with Gasteiger partial charge in [0.1, 0.15) is 5.69 Å². The monoisotopic (exact) mass is 246 g/mol. The molecule has 2 N–H and O–H groups in total. The van der Waals surface area contributed by atoms with Crippen LogP contribution in [-0.2, 0) is 11.8 Å². The number of nitrogens with one attached hydrogen (secondary N) is 1. The van der Waals surface area contributed by atoms with E-state index in [1.54, 1.807) is 23.9 Å². The van der Waals surface area contributed by atoms with Crippen LogP contribution >= 0.6 is 11.6 Å². The minimum absolute atomic E-state index is 0.169. The molecule has 0 bridgehead atoms. The zero-order chi connectivity index (χ0) is 12.1. The molecule has 0 aromatic carbocycles. The summed E-state index contributed by atoms with van der Waals surface area (Å²) in [5.74, 6) is -0.287. The summed E-state index contributed by atoms with van der Waals surface area (Å²) in [5, 5.41) is 12.1. The number of hydrogen-bond acceptors (Lipinski definition) is 3. The summed E-state index contributed by atoms with van der Waals surface area (Å²) in [6.07, 6.45) is 1.64. The molecule has 16 heavy (non-hydrogen) atoms. The summed E-state index contributed by atoms with van der Waals surface area (Å²) in [6.45, 7) is 0.0954. The number of hydrogen-bond donors (Lipinski definition) is 2. The third kappa shape index (κ3) is 3.23. The first kappa shape index (κ1) is 13.0. The van der Waals surface area contributed by atoms with Gasteiger partial charge in [-0.25, -0.2) is 0 Å². The molecule has 1 aromatic heterocycles. The third-order valence-electron chi connectivity index (χ3n) is 2.13. The second-order valence-corrected chi connectivity index (χ2v) is 3.90. The van der Waals surface area contributed by atoms with Gasteiger partial charge in [0.2, 0.25) is 0 Å². The van der Waals surface area contributed by atoms with Crippen LogP contribution < -0.4 is 5.32 Å². The zero-order valence-corrected chi connectivity index (χ0v) is 9.99. The number of aryl methyl sites for hydroxylation is 1. The summed E-state index contributed by atoms with van der Waals surface area (Å²) < 4.78 is 6.48. The Bertz CT molecular complexity index is 365. The highest BCUT2D eigenvalue weighted by atomic mass is 35.5. The van der Waals surface area contributed by atoms with Crippen LogP contribution in [-0.4, -0.2) is 41.9 Å². The Morgan fingerprint density at radius 3 is 2.88 bits per heavy atom. The van der Waals surface area contributed by atoms with Gasteiger partial charge in [0, 0.05) is 20.4 Å². The maximum absolute atomic E-state index is 11.8. The first-order chi connectivity index (χ1) is 7.58. The lowest BCUT2D eigenvalue weighted by atomic mass is 10.3. The molecule has 0 fully saturated rings. The summed E-state index contributed by atoms with van der Waals surface area (Å²) in [7, 11) is 3.24. The second-order valence-electron chi connectivity index (χ2n) is 3.46. The molecule has 0 spiro atoms. The molecule has 0 radical (unpaired) electrons. The van der Waals surface area contributed by atoms with Crippen LogP contribution in [0.5, 0.6) is 0 Å². The van der Waals surface area contributed by atoms with E-state index in [-0.39, 0.29) is 19.1 Å². The fourth-order valence-corrected chi connectivity index (χ4v) is 1.60. The Balaban J connectivity index is 2.67. The van der Waals surface area contributed by atoms with Crippen molar-refractivity contribution in [3.05, 3.63) is 23.0 Å². The predicted octanol–water partition coefficient (Wildman–Crippen LogP) is 0.416. The van der Waals surface area contributed by atoms with Crippen molar-refractivity contribution in [1.82, 2.24) is 9.88 Å². The van der Waals surface area contributed by atoms with E-state index < -0.39 is 6.04 Å². The Morgan fingerprint density at radius 1 is 1.75 bits per heavy atom. The molecule has 1 atom stereocenters. The molecule has 90 valence electrons. The Morgan fingerprint density at radius 2 is 2.44 bits per heavy atom. The van der Waals surface area contributed by atoms with Crippen LogP contribution in [0.25, 0.3) is 0 Å². The van der Waals surface area contributed by atoms with Gasteiger partial charge in [0.15, 0.2) is 0 Å². The number of aliphatic hydroxyl groups excluding tert-OH is 1. The highest BCUT2D eigenvalue weighted by molar-refractivity contribution is 6.31. The minimum atomic E-state index is -0.411. The Hall–Kier alpha value is -1.04. The smallest absolute Gasteiger partial charge is 0.268 e. The molecule has 6 heteroatoms. The number of rotatable bonds is 5. The van der Waals surface area contributed by atoms with Crippen molar-refractivity contribution in [2.75, 3.05) is 20.3 Å². The van der Waals surface area contributed by atoms with Gasteiger partial charge in [-0.2, -0.15) is 0 Å². The van der Waals surface area contributed by atoms with Crippen LogP contribution in [0.2, 0.25) is 5.02 Å². The number of aliphatic hydroxyl groups is 1. The lowest BCUT2D eigenvalue weighted by Gasteiger charge is -2.15.